The Labute approximate surface area is 161 Å². The highest BCUT2D eigenvalue weighted by Crippen LogP contribution is 2.36. The van der Waals surface area contributed by atoms with Gasteiger partial charge in [-0.1, -0.05) is 12.1 Å². The third-order valence-electron chi connectivity index (χ3n) is 3.15. The normalized spacial score (nSPS) is 10.1. The number of hydrogen-bond acceptors (Lipinski definition) is 6. The van der Waals surface area contributed by atoms with E-state index in [0.29, 0.717) is 48.9 Å². The third-order valence-corrected chi connectivity index (χ3v) is 5.30. The van der Waals surface area contributed by atoms with Gasteiger partial charge in [0, 0.05) is 12.1 Å². The molecule has 2 aromatic carbocycles. The smallest absolute Gasteiger partial charge is 0.224 e. The van der Waals surface area contributed by atoms with Gasteiger partial charge >= 0.3 is 0 Å². The van der Waals surface area contributed by atoms with Crippen LogP contribution in [0.4, 0.5) is 11.4 Å². The number of amides is 2. The molecular formula is C18H20N2O4S2. The van der Waals surface area contributed by atoms with Gasteiger partial charge in [-0.25, -0.2) is 8.61 Å². The maximum Gasteiger partial charge on any atom is 0.224 e. The SMILES string of the molecule is CCOc1cccc(N(C=O)SSN(C=O)c2cccc(OCC)c2)c1. The van der Waals surface area contributed by atoms with Gasteiger partial charge < -0.3 is 9.47 Å². The Hall–Kier alpha value is -2.32. The molecule has 0 radical (unpaired) electrons. The zero-order valence-electron chi connectivity index (χ0n) is 14.5. The number of rotatable bonds is 11. The molecule has 0 aromatic heterocycles. The van der Waals surface area contributed by atoms with E-state index in [-0.39, 0.29) is 0 Å². The first kappa shape index (κ1) is 20.0. The van der Waals surface area contributed by atoms with Crippen LogP contribution >= 0.6 is 22.0 Å². The van der Waals surface area contributed by atoms with Gasteiger partial charge in [-0.2, -0.15) is 0 Å². The lowest BCUT2D eigenvalue weighted by atomic mass is 10.3. The van der Waals surface area contributed by atoms with Crippen LogP contribution in [0, 0.1) is 0 Å². The molecule has 0 unspecified atom stereocenters. The van der Waals surface area contributed by atoms with Crippen LogP contribution in [0.25, 0.3) is 0 Å². The molecule has 0 atom stereocenters. The fraction of sp³-hybridized carbons (Fsp3) is 0.222. The van der Waals surface area contributed by atoms with Crippen molar-refractivity contribution in [3.8, 4) is 11.5 Å². The Balaban J connectivity index is 2.08. The van der Waals surface area contributed by atoms with E-state index in [1.807, 2.05) is 38.1 Å². The van der Waals surface area contributed by atoms with Crippen molar-refractivity contribution >= 4 is 46.2 Å². The molecule has 0 aliphatic rings. The molecular weight excluding hydrogens is 372 g/mol. The van der Waals surface area contributed by atoms with Crippen LogP contribution in [-0.4, -0.2) is 26.0 Å². The molecule has 0 bridgehead atoms. The number of hydrogen-bond donors (Lipinski definition) is 0. The lowest BCUT2D eigenvalue weighted by molar-refractivity contribution is -0.107. The zero-order valence-corrected chi connectivity index (χ0v) is 16.2. The number of nitrogens with zero attached hydrogens (tertiary/aromatic N) is 2. The Kier molecular flexibility index (Phi) is 8.17. The van der Waals surface area contributed by atoms with Crippen LogP contribution in [0.2, 0.25) is 0 Å². The number of anilines is 2. The molecule has 0 N–H and O–H groups in total. The van der Waals surface area contributed by atoms with Crippen molar-refractivity contribution in [1.29, 1.82) is 0 Å². The van der Waals surface area contributed by atoms with Crippen molar-refractivity contribution in [3.05, 3.63) is 48.5 Å². The van der Waals surface area contributed by atoms with Crippen LogP contribution < -0.4 is 18.1 Å². The van der Waals surface area contributed by atoms with Gasteiger partial charge in [0.2, 0.25) is 12.8 Å². The molecule has 8 heteroatoms. The van der Waals surface area contributed by atoms with E-state index < -0.39 is 0 Å². The summed E-state index contributed by atoms with van der Waals surface area (Å²) in [5.74, 6) is 1.36. The van der Waals surface area contributed by atoms with Crippen LogP contribution in [0.5, 0.6) is 11.5 Å². The maximum atomic E-state index is 11.5. The van der Waals surface area contributed by atoms with Crippen LogP contribution in [0.3, 0.4) is 0 Å². The molecule has 0 aliphatic carbocycles. The molecule has 0 saturated heterocycles. The van der Waals surface area contributed by atoms with Gasteiger partial charge in [0.05, 0.1) is 46.5 Å². The second-order valence-electron chi connectivity index (χ2n) is 4.87. The summed E-state index contributed by atoms with van der Waals surface area (Å²) in [5.41, 5.74) is 1.33. The Morgan fingerprint density at radius 1 is 0.808 bits per heavy atom. The summed E-state index contributed by atoms with van der Waals surface area (Å²) in [4.78, 5) is 23.0. The molecule has 0 fully saturated rings. The Morgan fingerprint density at radius 3 is 1.58 bits per heavy atom. The fourth-order valence-electron chi connectivity index (χ4n) is 2.07. The van der Waals surface area contributed by atoms with E-state index >= 15 is 0 Å². The minimum absolute atomic E-state index is 0.543. The molecule has 26 heavy (non-hydrogen) atoms. The van der Waals surface area contributed by atoms with E-state index in [9.17, 15) is 9.59 Å². The summed E-state index contributed by atoms with van der Waals surface area (Å²) in [6, 6.07) is 14.4. The van der Waals surface area contributed by atoms with Gasteiger partial charge in [0.25, 0.3) is 0 Å². The first-order chi connectivity index (χ1) is 12.7. The van der Waals surface area contributed by atoms with E-state index in [2.05, 4.69) is 0 Å². The summed E-state index contributed by atoms with van der Waals surface area (Å²) in [7, 11) is 2.26. The number of carbonyl (C=O) groups excluding carboxylic acids is 2. The van der Waals surface area contributed by atoms with Gasteiger partial charge in [-0.15, -0.1) is 0 Å². The topological polar surface area (TPSA) is 59.1 Å². The van der Waals surface area contributed by atoms with Crippen LogP contribution in [0.1, 0.15) is 13.8 Å². The molecule has 2 amide bonds. The molecule has 0 heterocycles. The number of carbonyl (C=O) groups is 2. The third kappa shape index (κ3) is 5.60. The predicted molar refractivity (Wildman–Crippen MR) is 107 cm³/mol. The minimum atomic E-state index is 0.543. The summed E-state index contributed by atoms with van der Waals surface area (Å²) < 4.78 is 13.8. The zero-order chi connectivity index (χ0) is 18.8. The summed E-state index contributed by atoms with van der Waals surface area (Å²) in [5, 5.41) is 0. The van der Waals surface area contributed by atoms with Crippen LogP contribution in [0.15, 0.2) is 48.5 Å². The first-order valence-electron chi connectivity index (χ1n) is 8.01. The largest absolute Gasteiger partial charge is 0.494 e. The minimum Gasteiger partial charge on any atom is -0.494 e. The van der Waals surface area contributed by atoms with E-state index in [1.54, 1.807) is 24.3 Å². The molecule has 2 aromatic rings. The van der Waals surface area contributed by atoms with Crippen molar-refractivity contribution in [3.63, 3.8) is 0 Å². The van der Waals surface area contributed by atoms with Gasteiger partial charge in [-0.05, 0) is 38.1 Å². The second kappa shape index (κ2) is 10.6. The van der Waals surface area contributed by atoms with Crippen molar-refractivity contribution < 1.29 is 19.1 Å². The average Bonchev–Trinajstić information content (AvgIpc) is 2.66. The molecule has 2 rings (SSSR count). The quantitative estimate of drug-likeness (QED) is 0.322. The Bertz CT molecular complexity index is 668. The van der Waals surface area contributed by atoms with Crippen LogP contribution in [-0.2, 0) is 9.59 Å². The molecule has 6 nitrogen and oxygen atoms in total. The lowest BCUT2D eigenvalue weighted by Crippen LogP contribution is -2.15. The first-order valence-corrected chi connectivity index (χ1v) is 10.1. The maximum absolute atomic E-state index is 11.5. The van der Waals surface area contributed by atoms with Gasteiger partial charge in [0.1, 0.15) is 11.5 Å². The van der Waals surface area contributed by atoms with Gasteiger partial charge in [-0.3, -0.25) is 9.59 Å². The summed E-state index contributed by atoms with van der Waals surface area (Å²) >= 11 is 0. The van der Waals surface area contributed by atoms with Crippen molar-refractivity contribution in [2.24, 2.45) is 0 Å². The molecule has 138 valence electrons. The number of ether oxygens (including phenoxy) is 2. The second-order valence-corrected chi connectivity index (χ2v) is 6.85. The standard InChI is InChI=1S/C18H20N2O4S2/c1-3-23-17-9-5-7-15(11-17)19(13-21)25-26-20(14-22)16-8-6-10-18(12-16)24-4-2/h5-14H,3-4H2,1-2H3. The molecule has 0 spiro atoms. The van der Waals surface area contributed by atoms with Crippen molar-refractivity contribution in [1.82, 2.24) is 0 Å². The van der Waals surface area contributed by atoms with E-state index in [1.165, 1.54) is 8.61 Å². The average molecular weight is 393 g/mol. The van der Waals surface area contributed by atoms with Crippen molar-refractivity contribution in [2.45, 2.75) is 13.8 Å². The highest BCUT2D eigenvalue weighted by atomic mass is 33.1. The van der Waals surface area contributed by atoms with Gasteiger partial charge in [0.15, 0.2) is 0 Å². The molecule has 0 saturated carbocycles. The highest BCUT2D eigenvalue weighted by Gasteiger charge is 2.13. The summed E-state index contributed by atoms with van der Waals surface area (Å²) in [6.07, 6.45) is 1.39. The highest BCUT2D eigenvalue weighted by molar-refractivity contribution is 8.78. The predicted octanol–water partition coefficient (Wildman–Crippen LogP) is 4.32. The molecule has 0 aliphatic heterocycles. The summed E-state index contributed by atoms with van der Waals surface area (Å²) in [6.45, 7) is 4.88. The van der Waals surface area contributed by atoms with E-state index in [0.717, 1.165) is 22.0 Å². The van der Waals surface area contributed by atoms with Crippen molar-refractivity contribution in [2.75, 3.05) is 21.8 Å². The lowest BCUT2D eigenvalue weighted by Gasteiger charge is -2.20. The Morgan fingerprint density at radius 2 is 1.23 bits per heavy atom. The monoisotopic (exact) mass is 392 g/mol. The fourth-order valence-corrected chi connectivity index (χ4v) is 3.84. The van der Waals surface area contributed by atoms with E-state index in [4.69, 9.17) is 9.47 Å². The number of benzene rings is 2.